The minimum atomic E-state index is -0.846. The summed E-state index contributed by atoms with van der Waals surface area (Å²) in [5.41, 5.74) is 0.384. The first-order chi connectivity index (χ1) is 7.63. The zero-order valence-electron chi connectivity index (χ0n) is 8.06. The Hall–Kier alpha value is -1.56. The van der Waals surface area contributed by atoms with Crippen LogP contribution in [0.4, 0.5) is 4.39 Å². The van der Waals surface area contributed by atoms with E-state index in [2.05, 4.69) is 9.98 Å². The lowest BCUT2D eigenvalue weighted by molar-refractivity contribution is -0.420. The van der Waals surface area contributed by atoms with E-state index in [4.69, 9.17) is 11.6 Å². The molecule has 84 valence electrons. The highest BCUT2D eigenvalue weighted by molar-refractivity contribution is 6.70. The van der Waals surface area contributed by atoms with Crippen LogP contribution in [0.5, 0.6) is 0 Å². The molecule has 1 aliphatic heterocycles. The van der Waals surface area contributed by atoms with Crippen LogP contribution in [0.3, 0.4) is 0 Å². The van der Waals surface area contributed by atoms with Gasteiger partial charge in [0.25, 0.3) is 5.70 Å². The molecule has 0 amide bonds. The van der Waals surface area contributed by atoms with Gasteiger partial charge < -0.3 is 0 Å². The van der Waals surface area contributed by atoms with Gasteiger partial charge in [0.05, 0.1) is 11.0 Å². The van der Waals surface area contributed by atoms with Gasteiger partial charge in [-0.15, -0.1) is 0 Å². The van der Waals surface area contributed by atoms with Gasteiger partial charge in [-0.2, -0.15) is 0 Å². The Morgan fingerprint density at radius 1 is 1.69 bits per heavy atom. The van der Waals surface area contributed by atoms with Gasteiger partial charge in [-0.05, 0) is 0 Å². The predicted molar refractivity (Wildman–Crippen MR) is 58.3 cm³/mol. The number of alkyl halides is 1. The molecule has 0 bridgehead atoms. The standard InChI is InChI=1S/C9H7ClFN3O2/c10-9-6-2-8(14(15)16)5(3-11)1-7(6)12-4-13-9/h2,4,7H,1,3H2. The van der Waals surface area contributed by atoms with Gasteiger partial charge in [0.1, 0.15) is 18.2 Å². The highest BCUT2D eigenvalue weighted by Gasteiger charge is 2.31. The fourth-order valence-electron chi connectivity index (χ4n) is 1.67. The van der Waals surface area contributed by atoms with E-state index in [1.54, 1.807) is 0 Å². The van der Waals surface area contributed by atoms with Crippen molar-refractivity contribution in [2.75, 3.05) is 6.67 Å². The summed E-state index contributed by atoms with van der Waals surface area (Å²) >= 11 is 5.80. The number of aliphatic imine (C=N–C) groups is 2. The van der Waals surface area contributed by atoms with Crippen LogP contribution in [0, 0.1) is 10.1 Å². The second-order valence-electron chi connectivity index (χ2n) is 3.38. The van der Waals surface area contributed by atoms with E-state index >= 15 is 0 Å². The first-order valence-electron chi connectivity index (χ1n) is 4.52. The molecule has 2 rings (SSSR count). The number of fused-ring (bicyclic) bond motifs is 1. The van der Waals surface area contributed by atoms with Gasteiger partial charge in [0.15, 0.2) is 0 Å². The van der Waals surface area contributed by atoms with E-state index in [-0.39, 0.29) is 28.9 Å². The fraction of sp³-hybridized carbons (Fsp3) is 0.333. The fourth-order valence-corrected chi connectivity index (χ4v) is 1.89. The molecular weight excluding hydrogens is 237 g/mol. The summed E-state index contributed by atoms with van der Waals surface area (Å²) in [5.74, 6) is 0. The minimum absolute atomic E-state index is 0.141. The summed E-state index contributed by atoms with van der Waals surface area (Å²) in [7, 11) is 0. The Balaban J connectivity index is 2.47. The second-order valence-corrected chi connectivity index (χ2v) is 3.74. The molecule has 0 aromatic heterocycles. The van der Waals surface area contributed by atoms with Crippen LogP contribution < -0.4 is 0 Å². The van der Waals surface area contributed by atoms with Crippen LogP contribution in [0.1, 0.15) is 6.42 Å². The molecule has 1 unspecified atom stereocenters. The summed E-state index contributed by atoms with van der Waals surface area (Å²) in [6, 6.07) is -0.348. The topological polar surface area (TPSA) is 67.9 Å². The van der Waals surface area contributed by atoms with E-state index in [1.807, 2.05) is 0 Å². The third-order valence-electron chi connectivity index (χ3n) is 2.47. The third kappa shape index (κ3) is 1.76. The lowest BCUT2D eigenvalue weighted by atomic mass is 9.92. The first-order valence-corrected chi connectivity index (χ1v) is 4.90. The predicted octanol–water partition coefficient (Wildman–Crippen LogP) is 1.86. The quantitative estimate of drug-likeness (QED) is 0.549. The maximum absolute atomic E-state index is 12.6. The summed E-state index contributed by atoms with van der Waals surface area (Å²) in [6.07, 6.45) is 2.73. The van der Waals surface area contributed by atoms with Gasteiger partial charge >= 0.3 is 0 Å². The van der Waals surface area contributed by atoms with Gasteiger partial charge in [-0.1, -0.05) is 11.6 Å². The monoisotopic (exact) mass is 243 g/mol. The van der Waals surface area contributed by atoms with Crippen molar-refractivity contribution < 1.29 is 9.31 Å². The zero-order chi connectivity index (χ0) is 11.7. The molecule has 5 nitrogen and oxygen atoms in total. The van der Waals surface area contributed by atoms with Gasteiger partial charge in [-0.3, -0.25) is 15.1 Å². The van der Waals surface area contributed by atoms with Crippen molar-refractivity contribution in [1.29, 1.82) is 0 Å². The van der Waals surface area contributed by atoms with Crippen molar-refractivity contribution >= 4 is 23.1 Å². The summed E-state index contributed by atoms with van der Waals surface area (Å²) in [6.45, 7) is -0.846. The summed E-state index contributed by atoms with van der Waals surface area (Å²) in [5, 5.41) is 10.9. The van der Waals surface area contributed by atoms with Gasteiger partial charge in [0.2, 0.25) is 0 Å². The molecule has 7 heteroatoms. The molecule has 1 heterocycles. The van der Waals surface area contributed by atoms with Crippen LogP contribution in [-0.4, -0.2) is 29.1 Å². The normalized spacial score (nSPS) is 23.8. The molecule has 0 aromatic rings. The van der Waals surface area contributed by atoms with Crippen molar-refractivity contribution in [3.63, 3.8) is 0 Å². The molecule has 2 aliphatic rings. The Morgan fingerprint density at radius 3 is 3.06 bits per heavy atom. The number of nitro groups is 1. The molecule has 0 saturated carbocycles. The number of hydrogen-bond donors (Lipinski definition) is 0. The van der Waals surface area contributed by atoms with Crippen LogP contribution >= 0.6 is 11.6 Å². The number of halogens is 2. The molecule has 0 N–H and O–H groups in total. The summed E-state index contributed by atoms with van der Waals surface area (Å²) < 4.78 is 12.6. The van der Waals surface area contributed by atoms with Crippen LogP contribution in [0.2, 0.25) is 0 Å². The van der Waals surface area contributed by atoms with Crippen molar-refractivity contribution in [3.05, 3.63) is 33.0 Å². The van der Waals surface area contributed by atoms with Gasteiger partial charge in [-0.25, -0.2) is 9.38 Å². The van der Waals surface area contributed by atoms with Crippen molar-refractivity contribution in [2.45, 2.75) is 12.5 Å². The molecule has 0 fully saturated rings. The molecule has 16 heavy (non-hydrogen) atoms. The van der Waals surface area contributed by atoms with Gasteiger partial charge in [0, 0.05) is 23.6 Å². The Kier molecular flexibility index (Phi) is 2.82. The number of hydrogen-bond acceptors (Lipinski definition) is 4. The largest absolute Gasteiger partial charge is 0.271 e. The van der Waals surface area contributed by atoms with Crippen LogP contribution in [0.25, 0.3) is 0 Å². The van der Waals surface area contributed by atoms with E-state index in [0.717, 1.165) is 0 Å². The maximum atomic E-state index is 12.6. The third-order valence-corrected chi connectivity index (χ3v) is 2.78. The number of allylic oxidation sites excluding steroid dienone is 1. The first kappa shape index (κ1) is 10.9. The van der Waals surface area contributed by atoms with Crippen LogP contribution in [-0.2, 0) is 0 Å². The molecule has 0 radical (unpaired) electrons. The molecule has 0 saturated heterocycles. The zero-order valence-corrected chi connectivity index (χ0v) is 8.82. The lowest BCUT2D eigenvalue weighted by Crippen LogP contribution is -2.24. The van der Waals surface area contributed by atoms with Crippen molar-refractivity contribution in [1.82, 2.24) is 0 Å². The average Bonchev–Trinajstić information content (AvgIpc) is 2.27. The number of nitrogens with zero attached hydrogens (tertiary/aromatic N) is 3. The Labute approximate surface area is 95.2 Å². The second kappa shape index (κ2) is 4.13. The molecule has 1 aliphatic carbocycles. The lowest BCUT2D eigenvalue weighted by Gasteiger charge is -2.21. The number of rotatable bonds is 2. The Morgan fingerprint density at radius 2 is 2.44 bits per heavy atom. The highest BCUT2D eigenvalue weighted by atomic mass is 35.5. The minimum Gasteiger partial charge on any atom is -0.265 e. The molecule has 1 atom stereocenters. The van der Waals surface area contributed by atoms with Crippen LogP contribution in [0.15, 0.2) is 32.9 Å². The van der Waals surface area contributed by atoms with E-state index in [1.165, 1.54) is 12.4 Å². The van der Waals surface area contributed by atoms with E-state index in [0.29, 0.717) is 5.57 Å². The maximum Gasteiger partial charge on any atom is 0.271 e. The van der Waals surface area contributed by atoms with Crippen molar-refractivity contribution in [3.8, 4) is 0 Å². The summed E-state index contributed by atoms with van der Waals surface area (Å²) in [4.78, 5) is 17.9. The molecule has 0 aromatic carbocycles. The van der Waals surface area contributed by atoms with Crippen molar-refractivity contribution in [2.24, 2.45) is 9.98 Å². The highest BCUT2D eigenvalue weighted by Crippen LogP contribution is 2.30. The molecular formula is C9H7ClFN3O2. The average molecular weight is 244 g/mol. The molecule has 0 spiro atoms. The SMILES string of the molecule is O=[N+]([O-])C1=C(CF)CC2N=CN=C(Cl)C2=C1. The van der Waals surface area contributed by atoms with E-state index < -0.39 is 11.6 Å². The smallest absolute Gasteiger partial charge is 0.265 e. The van der Waals surface area contributed by atoms with E-state index in [9.17, 15) is 14.5 Å². The Bertz CT molecular complexity index is 467.